The lowest BCUT2D eigenvalue weighted by Crippen LogP contribution is -2.54. The lowest BCUT2D eigenvalue weighted by molar-refractivity contribution is -0.113. The van der Waals surface area contributed by atoms with Gasteiger partial charge in [0, 0.05) is 11.6 Å². The third-order valence-corrected chi connectivity index (χ3v) is 14.6. The molecule has 0 aliphatic rings. The van der Waals surface area contributed by atoms with Crippen LogP contribution in [0, 0.1) is 0 Å². The van der Waals surface area contributed by atoms with Gasteiger partial charge in [-0.15, -0.1) is 0 Å². The van der Waals surface area contributed by atoms with Crippen LogP contribution in [0.2, 0.25) is 25.7 Å². The van der Waals surface area contributed by atoms with Crippen LogP contribution in [0.1, 0.15) is 60.8 Å². The van der Waals surface area contributed by atoms with Crippen LogP contribution < -0.4 is 0 Å². The zero-order valence-corrected chi connectivity index (χ0v) is 19.7. The van der Waals surface area contributed by atoms with Gasteiger partial charge in [0.15, 0.2) is 0 Å². The lowest BCUT2D eigenvalue weighted by atomic mass is 10.4. The number of carbonyl (C=O) groups is 1. The van der Waals surface area contributed by atoms with E-state index in [0.29, 0.717) is 11.8 Å². The minimum atomic E-state index is -1.76. The highest BCUT2D eigenvalue weighted by atomic mass is 28.3. The Balaban J connectivity index is 4.72. The first-order valence-electron chi connectivity index (χ1n) is 8.86. The van der Waals surface area contributed by atoms with Gasteiger partial charge < -0.3 is 13.6 Å². The third kappa shape index (κ3) is 7.21. The predicted molar refractivity (Wildman–Crippen MR) is 104 cm³/mol. The Morgan fingerprint density at radius 1 is 0.955 bits per heavy atom. The Morgan fingerprint density at radius 3 is 1.95 bits per heavy atom. The summed E-state index contributed by atoms with van der Waals surface area (Å²) in [7, 11) is -4.22. The fourth-order valence-corrected chi connectivity index (χ4v) is 9.93. The topological polar surface area (TPSA) is 35.5 Å². The third-order valence-electron chi connectivity index (χ3n) is 4.92. The SMILES string of the molecule is CCCC[SiH](C)C(C)(C)O[SiH](C)C(C)(C)O[SiH](C)C(=O)CC. The fraction of sp³-hybridized carbons (Fsp3) is 0.938. The van der Waals surface area contributed by atoms with Crippen molar-refractivity contribution in [3.8, 4) is 0 Å². The van der Waals surface area contributed by atoms with Crippen molar-refractivity contribution < 1.29 is 13.6 Å². The van der Waals surface area contributed by atoms with Crippen molar-refractivity contribution in [2.24, 2.45) is 0 Å². The molecular weight excluding hydrogens is 324 g/mol. The first-order valence-corrected chi connectivity index (χ1v) is 15.8. The van der Waals surface area contributed by atoms with Gasteiger partial charge in [-0.2, -0.15) is 0 Å². The average molecular weight is 363 g/mol. The Hall–Kier alpha value is 0.241. The molecule has 0 aromatic carbocycles. The summed E-state index contributed by atoms with van der Waals surface area (Å²) in [5, 5.41) is 0.0485. The fourth-order valence-electron chi connectivity index (χ4n) is 2.48. The molecule has 0 spiro atoms. The van der Waals surface area contributed by atoms with E-state index in [0.717, 1.165) is 0 Å². The van der Waals surface area contributed by atoms with E-state index in [1.165, 1.54) is 18.9 Å². The van der Waals surface area contributed by atoms with E-state index in [1.807, 2.05) is 13.5 Å². The van der Waals surface area contributed by atoms with Gasteiger partial charge in [-0.1, -0.05) is 39.3 Å². The largest absolute Gasteiger partial charge is 0.416 e. The molecule has 3 unspecified atom stereocenters. The van der Waals surface area contributed by atoms with Crippen LogP contribution in [0.25, 0.3) is 0 Å². The van der Waals surface area contributed by atoms with Gasteiger partial charge in [-0.05, 0) is 40.8 Å². The molecule has 0 aliphatic heterocycles. The van der Waals surface area contributed by atoms with Crippen molar-refractivity contribution in [2.75, 3.05) is 0 Å². The van der Waals surface area contributed by atoms with Gasteiger partial charge in [-0.25, -0.2) is 0 Å². The standard InChI is InChI=1S/C16H38O3Si3/c1-10-12-13-20(7)15(3,4)19-22(9)16(5,6)18-21(8)14(17)11-2/h20-22H,10-13H2,1-9H3. The maximum Gasteiger partial charge on any atom is 0.246 e. The average Bonchev–Trinajstić information content (AvgIpc) is 2.42. The second-order valence-electron chi connectivity index (χ2n) is 7.59. The summed E-state index contributed by atoms with van der Waals surface area (Å²) in [4.78, 5) is 11.8. The zero-order chi connectivity index (χ0) is 17.6. The van der Waals surface area contributed by atoms with E-state index in [2.05, 4.69) is 47.7 Å². The van der Waals surface area contributed by atoms with Crippen molar-refractivity contribution in [2.45, 2.75) is 96.9 Å². The molecule has 0 bridgehead atoms. The Bertz CT molecular complexity index is 346. The quantitative estimate of drug-likeness (QED) is 0.527. The molecule has 0 radical (unpaired) electrons. The van der Waals surface area contributed by atoms with E-state index in [9.17, 15) is 4.79 Å². The molecule has 0 aromatic heterocycles. The molecule has 0 saturated carbocycles. The molecule has 6 heteroatoms. The monoisotopic (exact) mass is 362 g/mol. The van der Waals surface area contributed by atoms with Gasteiger partial charge in [0.1, 0.15) is 5.41 Å². The van der Waals surface area contributed by atoms with E-state index in [-0.39, 0.29) is 10.4 Å². The summed E-state index contributed by atoms with van der Waals surface area (Å²) >= 11 is 0. The molecule has 0 amide bonds. The maximum atomic E-state index is 11.8. The van der Waals surface area contributed by atoms with E-state index < -0.39 is 26.9 Å². The molecule has 0 aliphatic carbocycles. The van der Waals surface area contributed by atoms with Crippen LogP contribution in [0.4, 0.5) is 0 Å². The van der Waals surface area contributed by atoms with Gasteiger partial charge in [0.05, 0.1) is 14.0 Å². The van der Waals surface area contributed by atoms with Crippen molar-refractivity contribution in [3.63, 3.8) is 0 Å². The second-order valence-corrected chi connectivity index (χ2v) is 16.4. The molecule has 0 heterocycles. The van der Waals surface area contributed by atoms with Gasteiger partial charge in [0.25, 0.3) is 0 Å². The van der Waals surface area contributed by atoms with Crippen molar-refractivity contribution in [3.05, 3.63) is 0 Å². The van der Waals surface area contributed by atoms with Crippen LogP contribution in [-0.2, 0) is 13.6 Å². The molecular formula is C16H38O3Si3. The molecule has 0 aromatic rings. The molecule has 0 fully saturated rings. The first kappa shape index (κ1) is 22.2. The predicted octanol–water partition coefficient (Wildman–Crippen LogP) is 3.54. The van der Waals surface area contributed by atoms with Crippen LogP contribution >= 0.6 is 0 Å². The number of rotatable bonds is 11. The first-order chi connectivity index (χ1) is 9.97. The summed E-state index contributed by atoms with van der Waals surface area (Å²) in [6.45, 7) is 19.6. The highest BCUT2D eigenvalue weighted by molar-refractivity contribution is 6.84. The van der Waals surface area contributed by atoms with Crippen molar-refractivity contribution in [1.29, 1.82) is 0 Å². The molecule has 0 saturated heterocycles. The minimum absolute atomic E-state index is 0.0149. The minimum Gasteiger partial charge on any atom is -0.416 e. The Kier molecular flexibility index (Phi) is 9.62. The number of hydrogen-bond donors (Lipinski definition) is 0. The van der Waals surface area contributed by atoms with Crippen LogP contribution in [0.3, 0.4) is 0 Å². The molecule has 22 heavy (non-hydrogen) atoms. The van der Waals surface area contributed by atoms with Crippen molar-refractivity contribution >= 4 is 32.3 Å². The number of unbranched alkanes of at least 4 members (excludes halogenated alkanes) is 1. The molecule has 3 atom stereocenters. The summed E-state index contributed by atoms with van der Waals surface area (Å²) in [5.74, 6) is 0. The molecule has 0 rings (SSSR count). The number of hydrogen-bond acceptors (Lipinski definition) is 3. The highest BCUT2D eigenvalue weighted by Crippen LogP contribution is 2.25. The van der Waals surface area contributed by atoms with E-state index in [1.54, 1.807) is 0 Å². The molecule has 0 N–H and O–H groups in total. The molecule has 132 valence electrons. The summed E-state index contributed by atoms with van der Waals surface area (Å²) in [6.07, 6.45) is 3.16. The van der Waals surface area contributed by atoms with Gasteiger partial charge in [0.2, 0.25) is 18.1 Å². The lowest BCUT2D eigenvalue weighted by Gasteiger charge is -2.41. The van der Waals surface area contributed by atoms with Crippen LogP contribution in [0.5, 0.6) is 0 Å². The van der Waals surface area contributed by atoms with E-state index in [4.69, 9.17) is 8.85 Å². The summed E-state index contributed by atoms with van der Waals surface area (Å²) in [5.41, 5.74) is 0. The normalized spacial score (nSPS) is 17.1. The van der Waals surface area contributed by atoms with Crippen molar-refractivity contribution in [1.82, 2.24) is 0 Å². The smallest absolute Gasteiger partial charge is 0.246 e. The molecule has 3 nitrogen and oxygen atoms in total. The van der Waals surface area contributed by atoms with Gasteiger partial charge in [-0.3, -0.25) is 0 Å². The highest BCUT2D eigenvalue weighted by Gasteiger charge is 2.38. The van der Waals surface area contributed by atoms with Crippen LogP contribution in [-0.4, -0.2) is 42.7 Å². The Labute approximate surface area is 143 Å². The summed E-state index contributed by atoms with van der Waals surface area (Å²) < 4.78 is 12.8. The zero-order valence-electron chi connectivity index (χ0n) is 16.3. The Morgan fingerprint density at radius 2 is 1.50 bits per heavy atom. The van der Waals surface area contributed by atoms with Crippen LogP contribution in [0.15, 0.2) is 0 Å². The number of carbonyl (C=O) groups excluding carboxylic acids is 1. The maximum absolute atomic E-state index is 11.8. The summed E-state index contributed by atoms with van der Waals surface area (Å²) in [6, 6.07) is 1.34. The van der Waals surface area contributed by atoms with Gasteiger partial charge >= 0.3 is 0 Å². The van der Waals surface area contributed by atoms with E-state index >= 15 is 0 Å². The second kappa shape index (κ2) is 9.52.